The van der Waals surface area contributed by atoms with Gasteiger partial charge in [0.25, 0.3) is 0 Å². The zero-order valence-corrected chi connectivity index (χ0v) is 6.09. The highest BCUT2D eigenvalue weighted by molar-refractivity contribution is 5.71. The Morgan fingerprint density at radius 3 is 2.50 bits per heavy atom. The van der Waals surface area contributed by atoms with Crippen LogP contribution in [0.25, 0.3) is 0 Å². The summed E-state index contributed by atoms with van der Waals surface area (Å²) >= 11 is 0. The molecule has 0 unspecified atom stereocenters. The third kappa shape index (κ3) is 2.87. The molecular formula is C8H12N2. The number of nitrogens with two attached hydrogens (primary N) is 1. The van der Waals surface area contributed by atoms with Crippen LogP contribution in [0.3, 0.4) is 0 Å². The number of hydrogen-bond donors (Lipinski definition) is 2. The Kier molecular flexibility index (Phi) is 3.96. The molecule has 0 saturated carbocycles. The normalized spacial score (nSPS) is 11.9. The predicted molar refractivity (Wildman–Crippen MR) is 45.0 cm³/mol. The summed E-state index contributed by atoms with van der Waals surface area (Å²) in [5.74, 6) is 0. The van der Waals surface area contributed by atoms with E-state index in [0.717, 1.165) is 5.57 Å². The molecule has 0 aromatic rings. The fourth-order valence-electron chi connectivity index (χ4n) is 0.539. The van der Waals surface area contributed by atoms with Crippen molar-refractivity contribution in [3.8, 4) is 0 Å². The van der Waals surface area contributed by atoms with Crippen molar-refractivity contribution in [1.29, 1.82) is 5.41 Å². The number of nitrogens with one attached hydrogen (secondary N) is 1. The molecule has 0 amide bonds. The molecule has 0 aromatic heterocycles. The van der Waals surface area contributed by atoms with Crippen molar-refractivity contribution in [3.05, 3.63) is 36.1 Å². The highest BCUT2D eigenvalue weighted by Crippen LogP contribution is 2.01. The van der Waals surface area contributed by atoms with Crippen molar-refractivity contribution >= 4 is 6.21 Å². The molecule has 0 aliphatic carbocycles. The standard InChI is InChI=1S/C8H12N2/c1-3-4-8(5-6-9)7(2)10/h3-6,9H,2,10H2,1H3/b4-3-,8-5+,9-6?. The molecule has 3 N–H and O–H groups in total. The lowest BCUT2D eigenvalue weighted by Crippen LogP contribution is -1.96. The maximum absolute atomic E-state index is 6.77. The van der Waals surface area contributed by atoms with Crippen LogP contribution in [-0.4, -0.2) is 6.21 Å². The topological polar surface area (TPSA) is 49.9 Å². The molecule has 0 rings (SSSR count). The summed E-state index contributed by atoms with van der Waals surface area (Å²) < 4.78 is 0. The van der Waals surface area contributed by atoms with Crippen LogP contribution in [-0.2, 0) is 0 Å². The lowest BCUT2D eigenvalue weighted by Gasteiger charge is -1.96. The zero-order chi connectivity index (χ0) is 7.98. The first-order valence-corrected chi connectivity index (χ1v) is 3.00. The Morgan fingerprint density at radius 1 is 1.60 bits per heavy atom. The minimum absolute atomic E-state index is 0.488. The van der Waals surface area contributed by atoms with Gasteiger partial charge in [-0.15, -0.1) is 0 Å². The van der Waals surface area contributed by atoms with Crippen molar-refractivity contribution < 1.29 is 0 Å². The van der Waals surface area contributed by atoms with Gasteiger partial charge in [0, 0.05) is 11.9 Å². The molecule has 0 atom stereocenters. The van der Waals surface area contributed by atoms with Gasteiger partial charge >= 0.3 is 0 Å². The van der Waals surface area contributed by atoms with Crippen molar-refractivity contribution in [2.45, 2.75) is 6.92 Å². The third-order valence-electron chi connectivity index (χ3n) is 0.980. The summed E-state index contributed by atoms with van der Waals surface area (Å²) in [4.78, 5) is 0. The number of rotatable bonds is 3. The first kappa shape index (κ1) is 8.69. The molecule has 0 radical (unpaired) electrons. The quantitative estimate of drug-likeness (QED) is 0.449. The summed E-state index contributed by atoms with van der Waals surface area (Å²) in [6.07, 6.45) is 6.45. The maximum atomic E-state index is 6.77. The lowest BCUT2D eigenvalue weighted by molar-refractivity contribution is 1.37. The second-order valence-electron chi connectivity index (χ2n) is 1.81. The van der Waals surface area contributed by atoms with Gasteiger partial charge in [-0.25, -0.2) is 0 Å². The predicted octanol–water partition coefficient (Wildman–Crippen LogP) is 1.61. The minimum atomic E-state index is 0.488. The van der Waals surface area contributed by atoms with Gasteiger partial charge in [-0.1, -0.05) is 18.7 Å². The van der Waals surface area contributed by atoms with E-state index in [1.54, 1.807) is 6.08 Å². The highest BCUT2D eigenvalue weighted by atomic mass is 14.6. The van der Waals surface area contributed by atoms with Crippen LogP contribution in [0.2, 0.25) is 0 Å². The van der Waals surface area contributed by atoms with E-state index in [2.05, 4.69) is 6.58 Å². The molecule has 0 aliphatic rings. The lowest BCUT2D eigenvalue weighted by atomic mass is 10.2. The highest BCUT2D eigenvalue weighted by Gasteiger charge is 1.88. The van der Waals surface area contributed by atoms with E-state index in [0.29, 0.717) is 5.70 Å². The SMILES string of the molecule is C=C(N)C(/C=C\C)=C/C=N. The fraction of sp³-hybridized carbons (Fsp3) is 0.125. The first-order chi connectivity index (χ1) is 4.72. The van der Waals surface area contributed by atoms with Crippen LogP contribution in [0, 0.1) is 5.41 Å². The van der Waals surface area contributed by atoms with Crippen molar-refractivity contribution in [2.75, 3.05) is 0 Å². The molecule has 0 aromatic carbocycles. The Balaban J connectivity index is 4.41. The molecule has 10 heavy (non-hydrogen) atoms. The van der Waals surface area contributed by atoms with Gasteiger partial charge in [0.15, 0.2) is 0 Å². The molecule has 0 bridgehead atoms. The maximum Gasteiger partial charge on any atom is 0.0315 e. The Morgan fingerprint density at radius 2 is 2.20 bits per heavy atom. The van der Waals surface area contributed by atoms with Gasteiger partial charge in [0.1, 0.15) is 0 Å². The van der Waals surface area contributed by atoms with Crippen molar-refractivity contribution in [3.63, 3.8) is 0 Å². The molecule has 0 spiro atoms. The number of allylic oxidation sites excluding steroid dienone is 3. The van der Waals surface area contributed by atoms with E-state index in [-0.39, 0.29) is 0 Å². The largest absolute Gasteiger partial charge is 0.399 e. The third-order valence-corrected chi connectivity index (χ3v) is 0.980. The van der Waals surface area contributed by atoms with Gasteiger partial charge in [-0.3, -0.25) is 0 Å². The van der Waals surface area contributed by atoms with Crippen LogP contribution in [0.5, 0.6) is 0 Å². The average molecular weight is 136 g/mol. The molecule has 54 valence electrons. The Hall–Kier alpha value is -1.31. The van der Waals surface area contributed by atoms with Crippen LogP contribution < -0.4 is 5.73 Å². The van der Waals surface area contributed by atoms with Crippen molar-refractivity contribution in [1.82, 2.24) is 0 Å². The van der Waals surface area contributed by atoms with E-state index in [4.69, 9.17) is 11.1 Å². The second-order valence-corrected chi connectivity index (χ2v) is 1.81. The van der Waals surface area contributed by atoms with Gasteiger partial charge in [0.2, 0.25) is 0 Å². The smallest absolute Gasteiger partial charge is 0.0315 e. The molecule has 0 aliphatic heterocycles. The fourth-order valence-corrected chi connectivity index (χ4v) is 0.539. The second kappa shape index (κ2) is 4.56. The van der Waals surface area contributed by atoms with E-state index < -0.39 is 0 Å². The van der Waals surface area contributed by atoms with Gasteiger partial charge in [0.05, 0.1) is 0 Å². The summed E-state index contributed by atoms with van der Waals surface area (Å²) in [5.41, 5.74) is 6.67. The van der Waals surface area contributed by atoms with Crippen LogP contribution in [0.1, 0.15) is 6.92 Å². The zero-order valence-electron chi connectivity index (χ0n) is 6.09. The Bertz CT molecular complexity index is 187. The molecule has 0 heterocycles. The van der Waals surface area contributed by atoms with E-state index in [9.17, 15) is 0 Å². The summed E-state index contributed by atoms with van der Waals surface area (Å²) in [6, 6.07) is 0. The van der Waals surface area contributed by atoms with Crippen LogP contribution in [0.4, 0.5) is 0 Å². The molecule has 2 nitrogen and oxygen atoms in total. The summed E-state index contributed by atoms with van der Waals surface area (Å²) in [6.45, 7) is 5.44. The molecule has 0 saturated heterocycles. The molecule has 0 fully saturated rings. The Labute approximate surface area is 61.3 Å². The van der Waals surface area contributed by atoms with Crippen LogP contribution >= 0.6 is 0 Å². The van der Waals surface area contributed by atoms with Gasteiger partial charge in [-0.2, -0.15) is 0 Å². The average Bonchev–Trinajstić information content (AvgIpc) is 1.87. The minimum Gasteiger partial charge on any atom is -0.399 e. The first-order valence-electron chi connectivity index (χ1n) is 3.00. The molecule has 2 heteroatoms. The number of hydrogen-bond acceptors (Lipinski definition) is 2. The van der Waals surface area contributed by atoms with E-state index >= 15 is 0 Å². The summed E-state index contributed by atoms with van der Waals surface area (Å²) in [7, 11) is 0. The van der Waals surface area contributed by atoms with Crippen molar-refractivity contribution in [2.24, 2.45) is 5.73 Å². The van der Waals surface area contributed by atoms with Gasteiger partial charge < -0.3 is 11.1 Å². The van der Waals surface area contributed by atoms with E-state index in [1.165, 1.54) is 6.21 Å². The molecular weight excluding hydrogens is 124 g/mol. The van der Waals surface area contributed by atoms with Crippen LogP contribution in [0.15, 0.2) is 36.1 Å². The monoisotopic (exact) mass is 136 g/mol. The van der Waals surface area contributed by atoms with Gasteiger partial charge in [-0.05, 0) is 18.6 Å². The van der Waals surface area contributed by atoms with E-state index in [1.807, 2.05) is 19.1 Å². The summed E-state index contributed by atoms with van der Waals surface area (Å²) in [5, 5.41) is 6.77.